The molecule has 0 spiro atoms. The number of aryl methyl sites for hydroxylation is 1. The number of aliphatic hydroxyl groups excluding tert-OH is 1. The van der Waals surface area contributed by atoms with E-state index in [2.05, 4.69) is 0 Å². The molecule has 2 N–H and O–H groups in total. The average molecular weight is 448 g/mol. The lowest BCUT2D eigenvalue weighted by molar-refractivity contribution is -0.138. The summed E-state index contributed by atoms with van der Waals surface area (Å²) in [6.07, 6.45) is 1.17. The first kappa shape index (κ1) is 23.5. The topological polar surface area (TPSA) is 117 Å². The van der Waals surface area contributed by atoms with Gasteiger partial charge in [0.25, 0.3) is 0 Å². The molecule has 2 aromatic carbocycles. The summed E-state index contributed by atoms with van der Waals surface area (Å²) < 4.78 is 9.96. The number of nitrogens with one attached hydrogen (secondary N) is 1. The van der Waals surface area contributed by atoms with Crippen LogP contribution in [-0.4, -0.2) is 41.9 Å². The van der Waals surface area contributed by atoms with E-state index in [-0.39, 0.29) is 30.3 Å². The van der Waals surface area contributed by atoms with Gasteiger partial charge in [-0.15, -0.1) is 0 Å². The minimum Gasteiger partial charge on any atom is -0.505 e. The molecular weight excluding hydrogens is 424 g/mol. The standard InChI is InChI=1S/C25H24N2O6/c1-4-32-24(30)17-10-12-18(13-11-17)27-19(14-20(28)16-8-6-15(3)7-9-16)22(29)21(23(27)26)25(31)33-5-2/h6-14,26,29H,4-5H2,1-3H3/b19-14+,26-23?. The number of carbonyl (C=O) groups is 3. The Morgan fingerprint density at radius 3 is 2.03 bits per heavy atom. The van der Waals surface area contributed by atoms with Crippen molar-refractivity contribution >= 4 is 29.2 Å². The largest absolute Gasteiger partial charge is 0.505 e. The van der Waals surface area contributed by atoms with Gasteiger partial charge in [0.05, 0.1) is 24.5 Å². The number of ether oxygens (including phenoxy) is 2. The Morgan fingerprint density at radius 1 is 0.909 bits per heavy atom. The number of ketones is 1. The second-order valence-corrected chi connectivity index (χ2v) is 7.16. The molecule has 1 aliphatic heterocycles. The molecule has 0 bridgehead atoms. The van der Waals surface area contributed by atoms with Gasteiger partial charge < -0.3 is 14.6 Å². The van der Waals surface area contributed by atoms with Gasteiger partial charge in [-0.25, -0.2) is 9.59 Å². The minimum absolute atomic E-state index is 0.0440. The van der Waals surface area contributed by atoms with Gasteiger partial charge in [0.15, 0.2) is 11.5 Å². The van der Waals surface area contributed by atoms with E-state index in [1.807, 2.05) is 6.92 Å². The van der Waals surface area contributed by atoms with Gasteiger partial charge in [-0.2, -0.15) is 0 Å². The summed E-state index contributed by atoms with van der Waals surface area (Å²) in [6, 6.07) is 12.9. The number of carbonyl (C=O) groups excluding carboxylic acids is 3. The molecule has 0 fully saturated rings. The van der Waals surface area contributed by atoms with Crippen molar-refractivity contribution in [2.45, 2.75) is 20.8 Å². The maximum absolute atomic E-state index is 12.9. The van der Waals surface area contributed by atoms with Gasteiger partial charge in [0, 0.05) is 17.3 Å². The van der Waals surface area contributed by atoms with Crippen molar-refractivity contribution in [1.82, 2.24) is 0 Å². The Bertz CT molecular complexity index is 1160. The molecule has 0 atom stereocenters. The second-order valence-electron chi connectivity index (χ2n) is 7.16. The summed E-state index contributed by atoms with van der Waals surface area (Å²) in [5, 5.41) is 19.3. The second kappa shape index (κ2) is 9.95. The van der Waals surface area contributed by atoms with Crippen molar-refractivity contribution in [1.29, 1.82) is 5.41 Å². The lowest BCUT2D eigenvalue weighted by Gasteiger charge is -2.21. The first-order valence-electron chi connectivity index (χ1n) is 10.4. The van der Waals surface area contributed by atoms with Crippen molar-refractivity contribution < 1.29 is 29.0 Å². The summed E-state index contributed by atoms with van der Waals surface area (Å²) in [5.74, 6) is -2.67. The third-order valence-corrected chi connectivity index (χ3v) is 4.90. The summed E-state index contributed by atoms with van der Waals surface area (Å²) >= 11 is 0. The SMILES string of the molecule is CCOC(=O)C1=C(O)/C(=C\C(=O)c2ccc(C)cc2)N(c2ccc(C(=O)OCC)cc2)C1=N. The molecule has 0 saturated carbocycles. The first-order chi connectivity index (χ1) is 15.8. The van der Waals surface area contributed by atoms with Crippen LogP contribution in [0.25, 0.3) is 0 Å². The van der Waals surface area contributed by atoms with Gasteiger partial charge in [-0.05, 0) is 45.0 Å². The van der Waals surface area contributed by atoms with Crippen molar-refractivity contribution in [3.05, 3.63) is 88.3 Å². The molecule has 2 aromatic rings. The Morgan fingerprint density at radius 2 is 1.45 bits per heavy atom. The number of nitrogens with zero attached hydrogens (tertiary/aromatic N) is 1. The molecule has 33 heavy (non-hydrogen) atoms. The number of hydrogen-bond donors (Lipinski definition) is 2. The van der Waals surface area contributed by atoms with Gasteiger partial charge in [0.2, 0.25) is 0 Å². The lowest BCUT2D eigenvalue weighted by Crippen LogP contribution is -2.28. The Labute approximate surface area is 191 Å². The number of anilines is 1. The fourth-order valence-corrected chi connectivity index (χ4v) is 3.26. The summed E-state index contributed by atoms with van der Waals surface area (Å²) in [5.41, 5.74) is 1.64. The zero-order chi connectivity index (χ0) is 24.1. The number of rotatable bonds is 7. The number of hydrogen-bond acceptors (Lipinski definition) is 7. The fourth-order valence-electron chi connectivity index (χ4n) is 3.26. The van der Waals surface area contributed by atoms with Crippen molar-refractivity contribution in [2.75, 3.05) is 18.1 Å². The van der Waals surface area contributed by atoms with Crippen molar-refractivity contribution in [3.8, 4) is 0 Å². The molecule has 0 aliphatic carbocycles. The van der Waals surface area contributed by atoms with Crippen molar-refractivity contribution in [2.24, 2.45) is 0 Å². The maximum Gasteiger partial charge on any atom is 0.345 e. The highest BCUT2D eigenvalue weighted by atomic mass is 16.5. The molecule has 1 aliphatic rings. The zero-order valence-corrected chi connectivity index (χ0v) is 18.5. The minimum atomic E-state index is -0.876. The van der Waals surface area contributed by atoms with Crippen LogP contribution in [0.5, 0.6) is 0 Å². The van der Waals surface area contributed by atoms with E-state index in [0.29, 0.717) is 16.8 Å². The van der Waals surface area contributed by atoms with Crippen LogP contribution in [0, 0.1) is 12.3 Å². The summed E-state index contributed by atoms with van der Waals surface area (Å²) in [7, 11) is 0. The Balaban J connectivity index is 2.05. The van der Waals surface area contributed by atoms with E-state index in [1.165, 1.54) is 35.2 Å². The quantitative estimate of drug-likeness (QED) is 0.372. The van der Waals surface area contributed by atoms with Crippen LogP contribution in [0.15, 0.2) is 71.6 Å². The lowest BCUT2D eigenvalue weighted by atomic mass is 10.1. The number of aliphatic hydroxyl groups is 1. The van der Waals surface area contributed by atoms with E-state index < -0.39 is 23.5 Å². The molecule has 8 heteroatoms. The van der Waals surface area contributed by atoms with Gasteiger partial charge in [-0.1, -0.05) is 29.8 Å². The predicted octanol–water partition coefficient (Wildman–Crippen LogP) is 4.11. The Hall–Kier alpha value is -4.20. The van der Waals surface area contributed by atoms with Gasteiger partial charge in [-0.3, -0.25) is 15.1 Å². The summed E-state index contributed by atoms with van der Waals surface area (Å²) in [4.78, 5) is 38.5. The highest BCUT2D eigenvalue weighted by Gasteiger charge is 2.38. The molecule has 0 aromatic heterocycles. The number of benzene rings is 2. The fraction of sp³-hybridized carbons (Fsp3) is 0.200. The number of amidine groups is 1. The average Bonchev–Trinajstić information content (AvgIpc) is 3.04. The van der Waals surface area contributed by atoms with Crippen LogP contribution in [0.1, 0.15) is 40.1 Å². The van der Waals surface area contributed by atoms with Crippen molar-refractivity contribution in [3.63, 3.8) is 0 Å². The highest BCUT2D eigenvalue weighted by Crippen LogP contribution is 2.34. The van der Waals surface area contributed by atoms with Crippen LogP contribution in [0.3, 0.4) is 0 Å². The number of allylic oxidation sites excluding steroid dienone is 1. The van der Waals surface area contributed by atoms with Crippen LogP contribution < -0.4 is 4.90 Å². The van der Waals surface area contributed by atoms with E-state index in [4.69, 9.17) is 14.9 Å². The third kappa shape index (κ3) is 4.85. The molecule has 8 nitrogen and oxygen atoms in total. The third-order valence-electron chi connectivity index (χ3n) is 4.90. The monoisotopic (exact) mass is 448 g/mol. The highest BCUT2D eigenvalue weighted by molar-refractivity contribution is 6.28. The molecule has 3 rings (SSSR count). The first-order valence-corrected chi connectivity index (χ1v) is 10.4. The molecule has 0 saturated heterocycles. The molecule has 1 heterocycles. The zero-order valence-electron chi connectivity index (χ0n) is 18.5. The van der Waals surface area contributed by atoms with Crippen LogP contribution in [-0.2, 0) is 14.3 Å². The number of esters is 2. The van der Waals surface area contributed by atoms with E-state index >= 15 is 0 Å². The van der Waals surface area contributed by atoms with Gasteiger partial charge in [0.1, 0.15) is 11.4 Å². The molecule has 170 valence electrons. The predicted molar refractivity (Wildman–Crippen MR) is 122 cm³/mol. The molecule has 0 radical (unpaired) electrons. The maximum atomic E-state index is 12.9. The van der Waals surface area contributed by atoms with Crippen LogP contribution >= 0.6 is 0 Å². The smallest absolute Gasteiger partial charge is 0.345 e. The molecular formula is C25H24N2O6. The van der Waals surface area contributed by atoms with Crippen LogP contribution in [0.4, 0.5) is 5.69 Å². The van der Waals surface area contributed by atoms with E-state index in [0.717, 1.165) is 5.56 Å². The van der Waals surface area contributed by atoms with E-state index in [1.54, 1.807) is 38.1 Å². The van der Waals surface area contributed by atoms with Gasteiger partial charge >= 0.3 is 11.9 Å². The molecule has 0 amide bonds. The Kier molecular flexibility index (Phi) is 7.07. The molecule has 0 unspecified atom stereocenters. The van der Waals surface area contributed by atoms with Crippen LogP contribution in [0.2, 0.25) is 0 Å². The summed E-state index contributed by atoms with van der Waals surface area (Å²) in [6.45, 7) is 5.49. The normalized spacial score (nSPS) is 14.6. The van der Waals surface area contributed by atoms with E-state index in [9.17, 15) is 19.5 Å².